The molecule has 0 aliphatic heterocycles. The number of nitrogens with one attached hydrogen (secondary N) is 1. The van der Waals surface area contributed by atoms with Crippen molar-refractivity contribution >= 4 is 28.9 Å². The number of carbonyl (C=O) groups is 1. The normalized spacial score (nSPS) is 11.1. The largest absolute Gasteiger partial charge is 0.397 e. The molecule has 0 saturated carbocycles. The van der Waals surface area contributed by atoms with Crippen molar-refractivity contribution in [2.24, 2.45) is 0 Å². The first-order valence-corrected chi connectivity index (χ1v) is 6.08. The highest BCUT2D eigenvalue weighted by molar-refractivity contribution is 6.31. The molecule has 0 fully saturated rings. The van der Waals surface area contributed by atoms with Crippen LogP contribution in [-0.4, -0.2) is 37.4 Å². The molecule has 19 heavy (non-hydrogen) atoms. The number of alkyl halides is 2. The van der Waals surface area contributed by atoms with Crippen molar-refractivity contribution in [3.8, 4) is 0 Å². The van der Waals surface area contributed by atoms with Gasteiger partial charge in [0.15, 0.2) is 0 Å². The second-order valence-electron chi connectivity index (χ2n) is 4.18. The van der Waals surface area contributed by atoms with Gasteiger partial charge in [0.25, 0.3) is 6.43 Å². The molecular weight excluding hydrogens is 276 g/mol. The zero-order chi connectivity index (χ0) is 14.4. The number of hydrogen-bond acceptors (Lipinski definition) is 3. The van der Waals surface area contributed by atoms with E-state index in [0.717, 1.165) is 0 Å². The Morgan fingerprint density at radius 1 is 1.53 bits per heavy atom. The van der Waals surface area contributed by atoms with E-state index in [2.05, 4.69) is 5.32 Å². The zero-order valence-corrected chi connectivity index (χ0v) is 11.3. The third-order valence-corrected chi connectivity index (χ3v) is 2.69. The molecule has 1 aromatic carbocycles. The summed E-state index contributed by atoms with van der Waals surface area (Å²) in [5, 5.41) is 3.05. The quantitative estimate of drug-likeness (QED) is 0.792. The Hall–Kier alpha value is -1.40. The summed E-state index contributed by atoms with van der Waals surface area (Å²) in [4.78, 5) is 13.0. The van der Waals surface area contributed by atoms with Crippen LogP contribution in [-0.2, 0) is 4.79 Å². The summed E-state index contributed by atoms with van der Waals surface area (Å²) in [6, 6.07) is 4.74. The van der Waals surface area contributed by atoms with E-state index < -0.39 is 6.43 Å². The number of amides is 1. The van der Waals surface area contributed by atoms with Crippen LogP contribution in [0.1, 0.15) is 6.42 Å². The van der Waals surface area contributed by atoms with Crippen LogP contribution in [0.25, 0.3) is 0 Å². The summed E-state index contributed by atoms with van der Waals surface area (Å²) in [6.07, 6.45) is -2.30. The van der Waals surface area contributed by atoms with E-state index in [1.165, 1.54) is 18.0 Å². The highest BCUT2D eigenvalue weighted by Crippen LogP contribution is 2.22. The van der Waals surface area contributed by atoms with Crippen LogP contribution in [0.3, 0.4) is 0 Å². The molecule has 0 heterocycles. The van der Waals surface area contributed by atoms with E-state index in [0.29, 0.717) is 16.4 Å². The average molecular weight is 292 g/mol. The predicted molar refractivity (Wildman–Crippen MR) is 72.6 cm³/mol. The molecule has 1 aromatic rings. The standard InChI is InChI=1S/C12H16ClF2N3O/c1-18(7-11(14)15)5-4-12(19)17-10-6-8(13)2-3-9(10)16/h2-3,6,11H,4-5,7,16H2,1H3,(H,17,19). The van der Waals surface area contributed by atoms with Gasteiger partial charge in [0.1, 0.15) is 0 Å². The zero-order valence-electron chi connectivity index (χ0n) is 10.5. The van der Waals surface area contributed by atoms with E-state index in [4.69, 9.17) is 17.3 Å². The lowest BCUT2D eigenvalue weighted by atomic mass is 10.2. The number of nitrogen functional groups attached to an aromatic ring is 1. The minimum Gasteiger partial charge on any atom is -0.397 e. The summed E-state index contributed by atoms with van der Waals surface area (Å²) in [6.45, 7) is -0.108. The molecule has 1 rings (SSSR count). The molecule has 1 amide bonds. The van der Waals surface area contributed by atoms with Gasteiger partial charge in [0.2, 0.25) is 5.91 Å². The monoisotopic (exact) mass is 291 g/mol. The van der Waals surface area contributed by atoms with Crippen molar-refractivity contribution in [1.82, 2.24) is 4.90 Å². The summed E-state index contributed by atoms with van der Waals surface area (Å²) in [7, 11) is 1.53. The second kappa shape index (κ2) is 7.25. The van der Waals surface area contributed by atoms with Gasteiger partial charge in [-0.05, 0) is 25.2 Å². The first kappa shape index (κ1) is 15.7. The molecule has 0 aromatic heterocycles. The predicted octanol–water partition coefficient (Wildman–Crippen LogP) is 2.45. The first-order valence-electron chi connectivity index (χ1n) is 5.70. The summed E-state index contributed by atoms with van der Waals surface area (Å²) < 4.78 is 24.2. The third kappa shape index (κ3) is 5.85. The first-order chi connectivity index (χ1) is 8.88. The lowest BCUT2D eigenvalue weighted by molar-refractivity contribution is -0.116. The maximum atomic E-state index is 12.1. The van der Waals surface area contributed by atoms with Crippen LogP contribution in [0, 0.1) is 0 Å². The Balaban J connectivity index is 2.45. The fraction of sp³-hybridized carbons (Fsp3) is 0.417. The smallest absolute Gasteiger partial charge is 0.251 e. The Bertz CT molecular complexity index is 443. The van der Waals surface area contributed by atoms with Gasteiger partial charge in [-0.2, -0.15) is 0 Å². The van der Waals surface area contributed by atoms with Crippen molar-refractivity contribution in [2.75, 3.05) is 31.2 Å². The average Bonchev–Trinajstić information content (AvgIpc) is 2.30. The Labute approximate surface area is 115 Å². The molecule has 0 aliphatic rings. The van der Waals surface area contributed by atoms with E-state index in [1.807, 2.05) is 0 Å². The number of benzene rings is 1. The number of rotatable bonds is 6. The van der Waals surface area contributed by atoms with E-state index in [-0.39, 0.29) is 25.4 Å². The van der Waals surface area contributed by atoms with Crippen molar-refractivity contribution in [3.63, 3.8) is 0 Å². The van der Waals surface area contributed by atoms with Crippen LogP contribution < -0.4 is 11.1 Å². The Kier molecular flexibility index (Phi) is 5.98. The topological polar surface area (TPSA) is 58.4 Å². The maximum absolute atomic E-state index is 12.1. The van der Waals surface area contributed by atoms with Crippen LogP contribution >= 0.6 is 11.6 Å². The van der Waals surface area contributed by atoms with Gasteiger partial charge < -0.3 is 16.0 Å². The highest BCUT2D eigenvalue weighted by Gasteiger charge is 2.10. The Morgan fingerprint density at radius 2 is 2.21 bits per heavy atom. The van der Waals surface area contributed by atoms with Crippen molar-refractivity contribution in [3.05, 3.63) is 23.2 Å². The third-order valence-electron chi connectivity index (χ3n) is 2.46. The van der Waals surface area contributed by atoms with Gasteiger partial charge in [0, 0.05) is 18.0 Å². The number of nitrogens with zero attached hydrogens (tertiary/aromatic N) is 1. The molecule has 0 bridgehead atoms. The molecule has 0 aliphatic carbocycles. The highest BCUT2D eigenvalue weighted by atomic mass is 35.5. The molecule has 0 unspecified atom stereocenters. The molecule has 3 N–H and O–H groups in total. The number of nitrogens with two attached hydrogens (primary N) is 1. The molecule has 0 spiro atoms. The number of carbonyl (C=O) groups excluding carboxylic acids is 1. The van der Waals surface area contributed by atoms with Gasteiger partial charge in [-0.1, -0.05) is 11.6 Å². The molecular formula is C12H16ClF2N3O. The van der Waals surface area contributed by atoms with Crippen molar-refractivity contribution in [1.29, 1.82) is 0 Å². The molecule has 106 valence electrons. The van der Waals surface area contributed by atoms with Crippen LogP contribution in [0.15, 0.2) is 18.2 Å². The number of anilines is 2. The minimum absolute atomic E-state index is 0.106. The van der Waals surface area contributed by atoms with Crippen LogP contribution in [0.5, 0.6) is 0 Å². The molecule has 4 nitrogen and oxygen atoms in total. The lowest BCUT2D eigenvalue weighted by Gasteiger charge is -2.15. The van der Waals surface area contributed by atoms with Crippen molar-refractivity contribution in [2.45, 2.75) is 12.8 Å². The van der Waals surface area contributed by atoms with E-state index in [9.17, 15) is 13.6 Å². The van der Waals surface area contributed by atoms with Crippen LogP contribution in [0.4, 0.5) is 20.2 Å². The number of halogens is 3. The fourth-order valence-corrected chi connectivity index (χ4v) is 1.64. The Morgan fingerprint density at radius 3 is 2.84 bits per heavy atom. The molecule has 7 heteroatoms. The molecule has 0 saturated heterocycles. The van der Waals surface area contributed by atoms with Gasteiger partial charge in [-0.3, -0.25) is 4.79 Å². The van der Waals surface area contributed by atoms with Gasteiger partial charge in [0.05, 0.1) is 17.9 Å². The maximum Gasteiger partial charge on any atom is 0.251 e. The SMILES string of the molecule is CN(CCC(=O)Nc1cc(Cl)ccc1N)CC(F)F. The second-order valence-corrected chi connectivity index (χ2v) is 4.62. The fourth-order valence-electron chi connectivity index (χ4n) is 1.47. The minimum atomic E-state index is -2.41. The molecule has 0 atom stereocenters. The van der Waals surface area contributed by atoms with E-state index in [1.54, 1.807) is 12.1 Å². The van der Waals surface area contributed by atoms with E-state index >= 15 is 0 Å². The van der Waals surface area contributed by atoms with Gasteiger partial charge in [-0.25, -0.2) is 8.78 Å². The van der Waals surface area contributed by atoms with Crippen molar-refractivity contribution < 1.29 is 13.6 Å². The summed E-state index contributed by atoms with van der Waals surface area (Å²) >= 11 is 5.79. The summed E-state index contributed by atoms with van der Waals surface area (Å²) in [5.74, 6) is -0.296. The van der Waals surface area contributed by atoms with Crippen LogP contribution in [0.2, 0.25) is 5.02 Å². The number of hydrogen-bond donors (Lipinski definition) is 2. The van der Waals surface area contributed by atoms with Gasteiger partial charge in [-0.15, -0.1) is 0 Å². The van der Waals surface area contributed by atoms with Gasteiger partial charge >= 0.3 is 0 Å². The summed E-state index contributed by atoms with van der Waals surface area (Å²) in [5.41, 5.74) is 6.50. The lowest BCUT2D eigenvalue weighted by Crippen LogP contribution is -2.28. The molecule has 0 radical (unpaired) electrons.